The highest BCUT2D eigenvalue weighted by Gasteiger charge is 2.55. The van der Waals surface area contributed by atoms with Crippen LogP contribution in [-0.2, 0) is 0 Å². The Balaban J connectivity index is 2.28. The van der Waals surface area contributed by atoms with Gasteiger partial charge in [-0.25, -0.2) is 0 Å². The maximum atomic E-state index is 5.66. The lowest BCUT2D eigenvalue weighted by molar-refractivity contribution is 0.549. The van der Waals surface area contributed by atoms with E-state index >= 15 is 0 Å². The molecule has 1 saturated carbocycles. The third-order valence-electron chi connectivity index (χ3n) is 3.04. The molecule has 66 valence electrons. The van der Waals surface area contributed by atoms with E-state index in [1.54, 1.807) is 0 Å². The summed E-state index contributed by atoms with van der Waals surface area (Å²) in [4.78, 5) is 0. The standard InChI is InChI=1S/C9H19NS/c1-4-11-6-8-7(5-10)9(8,2)3/h7-8H,4-6,10H2,1-3H3/t7-,8-/m0/s1. The Bertz CT molecular complexity index is 134. The fourth-order valence-electron chi connectivity index (χ4n) is 1.90. The van der Waals surface area contributed by atoms with E-state index in [-0.39, 0.29) is 0 Å². The molecule has 0 aromatic carbocycles. The molecule has 0 heterocycles. The molecule has 0 spiro atoms. The maximum absolute atomic E-state index is 5.66. The topological polar surface area (TPSA) is 26.0 Å². The van der Waals surface area contributed by atoms with Crippen molar-refractivity contribution < 1.29 is 0 Å². The Morgan fingerprint density at radius 2 is 2.00 bits per heavy atom. The summed E-state index contributed by atoms with van der Waals surface area (Å²) < 4.78 is 0. The molecule has 1 aliphatic carbocycles. The molecular weight excluding hydrogens is 154 g/mol. The molecule has 1 rings (SSSR count). The van der Waals surface area contributed by atoms with Gasteiger partial charge >= 0.3 is 0 Å². The predicted molar refractivity (Wildman–Crippen MR) is 52.8 cm³/mol. The summed E-state index contributed by atoms with van der Waals surface area (Å²) in [5.41, 5.74) is 6.20. The minimum absolute atomic E-state index is 0.539. The SMILES string of the molecule is CCSC[C@H]1[C@H](CN)C1(C)C. The van der Waals surface area contributed by atoms with Crippen LogP contribution < -0.4 is 5.73 Å². The Morgan fingerprint density at radius 1 is 1.36 bits per heavy atom. The van der Waals surface area contributed by atoms with E-state index in [9.17, 15) is 0 Å². The van der Waals surface area contributed by atoms with Crippen LogP contribution in [0.1, 0.15) is 20.8 Å². The third-order valence-corrected chi connectivity index (χ3v) is 4.05. The molecule has 0 saturated heterocycles. The molecule has 0 radical (unpaired) electrons. The average molecular weight is 173 g/mol. The van der Waals surface area contributed by atoms with Crippen molar-refractivity contribution in [3.05, 3.63) is 0 Å². The fourth-order valence-corrected chi connectivity index (χ4v) is 3.05. The van der Waals surface area contributed by atoms with Crippen molar-refractivity contribution in [1.82, 2.24) is 0 Å². The maximum Gasteiger partial charge on any atom is -0.00307 e. The smallest absolute Gasteiger partial charge is 0.00307 e. The second-order valence-corrected chi connectivity index (χ2v) is 5.25. The van der Waals surface area contributed by atoms with Gasteiger partial charge in [-0.15, -0.1) is 0 Å². The molecule has 1 aliphatic rings. The summed E-state index contributed by atoms with van der Waals surface area (Å²) in [5.74, 6) is 4.23. The van der Waals surface area contributed by atoms with Gasteiger partial charge in [-0.1, -0.05) is 20.8 Å². The minimum atomic E-state index is 0.539. The molecule has 0 aliphatic heterocycles. The zero-order chi connectivity index (χ0) is 8.48. The Labute approximate surface area is 74.1 Å². The van der Waals surface area contributed by atoms with Crippen molar-refractivity contribution in [2.75, 3.05) is 18.1 Å². The predicted octanol–water partition coefficient (Wildman–Crippen LogP) is 1.97. The molecule has 2 heteroatoms. The zero-order valence-electron chi connectivity index (χ0n) is 7.76. The molecule has 2 atom stereocenters. The number of hydrogen-bond donors (Lipinski definition) is 1. The first kappa shape index (κ1) is 9.40. The Morgan fingerprint density at radius 3 is 2.36 bits per heavy atom. The van der Waals surface area contributed by atoms with Gasteiger partial charge in [-0.2, -0.15) is 11.8 Å². The van der Waals surface area contributed by atoms with Crippen LogP contribution in [-0.4, -0.2) is 18.1 Å². The monoisotopic (exact) mass is 173 g/mol. The highest BCUT2D eigenvalue weighted by atomic mass is 32.2. The van der Waals surface area contributed by atoms with Crippen LogP contribution in [0.25, 0.3) is 0 Å². The lowest BCUT2D eigenvalue weighted by Gasteiger charge is -2.00. The summed E-state index contributed by atoms with van der Waals surface area (Å²) in [6.07, 6.45) is 0. The van der Waals surface area contributed by atoms with Crippen LogP contribution >= 0.6 is 11.8 Å². The second kappa shape index (κ2) is 3.36. The van der Waals surface area contributed by atoms with E-state index < -0.39 is 0 Å². The van der Waals surface area contributed by atoms with Crippen LogP contribution in [0.15, 0.2) is 0 Å². The molecule has 11 heavy (non-hydrogen) atoms. The highest BCUT2D eigenvalue weighted by Crippen LogP contribution is 2.58. The Kier molecular flexibility index (Phi) is 2.87. The highest BCUT2D eigenvalue weighted by molar-refractivity contribution is 7.99. The van der Waals surface area contributed by atoms with E-state index in [1.807, 2.05) is 11.8 Å². The van der Waals surface area contributed by atoms with Gasteiger partial charge in [-0.3, -0.25) is 0 Å². The van der Waals surface area contributed by atoms with Crippen molar-refractivity contribution in [3.63, 3.8) is 0 Å². The van der Waals surface area contributed by atoms with Gasteiger partial charge < -0.3 is 5.73 Å². The first-order valence-electron chi connectivity index (χ1n) is 4.42. The van der Waals surface area contributed by atoms with Crippen LogP contribution in [0.3, 0.4) is 0 Å². The lowest BCUT2D eigenvalue weighted by atomic mass is 10.1. The van der Waals surface area contributed by atoms with Gasteiger partial charge in [0.15, 0.2) is 0 Å². The molecule has 0 unspecified atom stereocenters. The molecule has 0 aromatic rings. The van der Waals surface area contributed by atoms with Gasteiger partial charge in [0.2, 0.25) is 0 Å². The summed E-state index contributed by atoms with van der Waals surface area (Å²) in [6.45, 7) is 7.77. The van der Waals surface area contributed by atoms with Gasteiger partial charge in [-0.05, 0) is 35.3 Å². The van der Waals surface area contributed by atoms with E-state index in [1.165, 1.54) is 11.5 Å². The van der Waals surface area contributed by atoms with Crippen molar-refractivity contribution in [3.8, 4) is 0 Å². The fraction of sp³-hybridized carbons (Fsp3) is 1.00. The third kappa shape index (κ3) is 1.73. The first-order valence-corrected chi connectivity index (χ1v) is 5.57. The number of nitrogens with two attached hydrogens (primary N) is 1. The first-order chi connectivity index (χ1) is 5.14. The van der Waals surface area contributed by atoms with Crippen molar-refractivity contribution in [2.24, 2.45) is 23.0 Å². The van der Waals surface area contributed by atoms with Gasteiger partial charge in [0.05, 0.1) is 0 Å². The van der Waals surface area contributed by atoms with Crippen LogP contribution in [0, 0.1) is 17.3 Å². The van der Waals surface area contributed by atoms with Gasteiger partial charge in [0.1, 0.15) is 0 Å². The van der Waals surface area contributed by atoms with E-state index in [0.29, 0.717) is 5.41 Å². The van der Waals surface area contributed by atoms with E-state index in [2.05, 4.69) is 20.8 Å². The number of rotatable bonds is 4. The molecule has 1 nitrogen and oxygen atoms in total. The zero-order valence-corrected chi connectivity index (χ0v) is 8.58. The van der Waals surface area contributed by atoms with E-state index in [0.717, 1.165) is 18.4 Å². The van der Waals surface area contributed by atoms with Crippen LogP contribution in [0.4, 0.5) is 0 Å². The normalized spacial score (nSPS) is 33.8. The number of thioether (sulfide) groups is 1. The van der Waals surface area contributed by atoms with Crippen molar-refractivity contribution in [1.29, 1.82) is 0 Å². The quantitative estimate of drug-likeness (QED) is 0.703. The molecular formula is C9H19NS. The van der Waals surface area contributed by atoms with Crippen molar-refractivity contribution in [2.45, 2.75) is 20.8 Å². The molecule has 0 amide bonds. The summed E-state index contributed by atoms with van der Waals surface area (Å²) in [6, 6.07) is 0. The molecule has 0 aromatic heterocycles. The van der Waals surface area contributed by atoms with E-state index in [4.69, 9.17) is 5.73 Å². The molecule has 1 fully saturated rings. The molecule has 0 bridgehead atoms. The minimum Gasteiger partial charge on any atom is -0.330 e. The number of hydrogen-bond acceptors (Lipinski definition) is 2. The average Bonchev–Trinajstić information content (AvgIpc) is 2.48. The van der Waals surface area contributed by atoms with Gasteiger partial charge in [0.25, 0.3) is 0 Å². The summed E-state index contributed by atoms with van der Waals surface area (Å²) in [5, 5.41) is 0. The van der Waals surface area contributed by atoms with Crippen molar-refractivity contribution >= 4 is 11.8 Å². The summed E-state index contributed by atoms with van der Waals surface area (Å²) in [7, 11) is 0. The molecule has 2 N–H and O–H groups in total. The van der Waals surface area contributed by atoms with Crippen LogP contribution in [0.5, 0.6) is 0 Å². The largest absolute Gasteiger partial charge is 0.330 e. The van der Waals surface area contributed by atoms with Crippen LogP contribution in [0.2, 0.25) is 0 Å². The Hall–Kier alpha value is 0.310. The lowest BCUT2D eigenvalue weighted by Crippen LogP contribution is -2.05. The second-order valence-electron chi connectivity index (χ2n) is 3.93. The van der Waals surface area contributed by atoms with Gasteiger partial charge in [0, 0.05) is 0 Å². The summed E-state index contributed by atoms with van der Waals surface area (Å²) >= 11 is 2.04.